The second-order valence-corrected chi connectivity index (χ2v) is 8.20. The second-order valence-electron chi connectivity index (χ2n) is 8.20. The summed E-state index contributed by atoms with van der Waals surface area (Å²) in [6, 6.07) is 12.3. The molecule has 2 saturated heterocycles. The number of carbonyl (C=O) groups is 2. The van der Waals surface area contributed by atoms with Crippen molar-refractivity contribution in [3.8, 4) is 11.1 Å². The van der Waals surface area contributed by atoms with Gasteiger partial charge < -0.3 is 15.0 Å². The Morgan fingerprint density at radius 2 is 1.90 bits per heavy atom. The molecule has 3 heterocycles. The highest BCUT2D eigenvalue weighted by atomic mass is 16.5. The van der Waals surface area contributed by atoms with Crippen LogP contribution in [0.5, 0.6) is 0 Å². The molecule has 2 fully saturated rings. The van der Waals surface area contributed by atoms with Crippen LogP contribution in [0.1, 0.15) is 31.2 Å². The van der Waals surface area contributed by atoms with E-state index in [9.17, 15) is 9.59 Å². The number of nitrogens with one attached hydrogen (secondary N) is 1. The number of carbonyl (C=O) groups excluding carboxylic acids is 2. The summed E-state index contributed by atoms with van der Waals surface area (Å²) in [5, 5.41) is 3.12. The lowest BCUT2D eigenvalue weighted by Crippen LogP contribution is -2.48. The summed E-state index contributed by atoms with van der Waals surface area (Å²) < 4.78 is 5.59. The van der Waals surface area contributed by atoms with E-state index in [1.165, 1.54) is 0 Å². The smallest absolute Gasteiger partial charge is 0.226 e. The molecule has 0 unspecified atom stereocenters. The van der Waals surface area contributed by atoms with Gasteiger partial charge in [0.15, 0.2) is 0 Å². The van der Waals surface area contributed by atoms with Gasteiger partial charge in [-0.3, -0.25) is 14.6 Å². The van der Waals surface area contributed by atoms with E-state index in [4.69, 9.17) is 4.74 Å². The van der Waals surface area contributed by atoms with E-state index in [1.54, 1.807) is 12.4 Å². The van der Waals surface area contributed by atoms with Crippen molar-refractivity contribution >= 4 is 11.8 Å². The van der Waals surface area contributed by atoms with Gasteiger partial charge in [0.25, 0.3) is 0 Å². The summed E-state index contributed by atoms with van der Waals surface area (Å²) in [5.41, 5.74) is 2.92. The topological polar surface area (TPSA) is 71.5 Å². The summed E-state index contributed by atoms with van der Waals surface area (Å²) in [4.78, 5) is 31.1. The minimum atomic E-state index is -0.490. The van der Waals surface area contributed by atoms with Crippen LogP contribution in [0.2, 0.25) is 0 Å². The van der Waals surface area contributed by atoms with Crippen molar-refractivity contribution in [2.24, 2.45) is 5.41 Å². The Balaban J connectivity index is 1.50. The zero-order valence-corrected chi connectivity index (χ0v) is 17.3. The van der Waals surface area contributed by atoms with Gasteiger partial charge in [-0.15, -0.1) is 0 Å². The van der Waals surface area contributed by atoms with Crippen LogP contribution < -0.4 is 5.32 Å². The molecule has 0 aliphatic carbocycles. The molecule has 0 radical (unpaired) electrons. The molecule has 1 N–H and O–H groups in total. The molecular formula is C24H29N3O3. The van der Waals surface area contributed by atoms with Crippen molar-refractivity contribution in [3.05, 3.63) is 54.4 Å². The molecule has 0 atom stereocenters. The van der Waals surface area contributed by atoms with E-state index >= 15 is 0 Å². The van der Waals surface area contributed by atoms with Crippen LogP contribution in [-0.2, 0) is 20.7 Å². The van der Waals surface area contributed by atoms with Crippen LogP contribution >= 0.6 is 0 Å². The first-order chi connectivity index (χ1) is 14.7. The SMILES string of the molecule is O=C1CCCN1CCNC(=O)C1(Cc2ccccc2-c2ccncc2)CCOCC1. The fourth-order valence-electron chi connectivity index (χ4n) is 4.53. The number of ether oxygens (including phenoxy) is 1. The minimum absolute atomic E-state index is 0.0713. The lowest BCUT2D eigenvalue weighted by atomic mass is 9.73. The molecule has 158 valence electrons. The summed E-state index contributed by atoms with van der Waals surface area (Å²) in [5.74, 6) is 0.262. The molecule has 6 nitrogen and oxygen atoms in total. The van der Waals surface area contributed by atoms with E-state index in [-0.39, 0.29) is 11.8 Å². The van der Waals surface area contributed by atoms with Crippen LogP contribution in [0.25, 0.3) is 11.1 Å². The van der Waals surface area contributed by atoms with E-state index in [0.717, 1.165) is 29.7 Å². The van der Waals surface area contributed by atoms with Gasteiger partial charge in [0.2, 0.25) is 11.8 Å². The molecule has 30 heavy (non-hydrogen) atoms. The number of aromatic nitrogens is 1. The standard InChI is InChI=1S/C24H29N3O3/c28-22-6-3-14-27(22)15-13-26-23(29)24(9-16-30-17-10-24)18-20-4-1-2-5-21(20)19-7-11-25-12-8-19/h1-2,4-5,7-8,11-12H,3,6,9-10,13-18H2,(H,26,29). The maximum atomic E-state index is 13.3. The Labute approximate surface area is 177 Å². The van der Waals surface area contributed by atoms with Gasteiger partial charge in [-0.05, 0) is 54.5 Å². The van der Waals surface area contributed by atoms with Crippen LogP contribution in [-0.4, -0.2) is 54.5 Å². The van der Waals surface area contributed by atoms with Crippen LogP contribution in [0.4, 0.5) is 0 Å². The van der Waals surface area contributed by atoms with Crippen molar-refractivity contribution < 1.29 is 14.3 Å². The average molecular weight is 408 g/mol. The van der Waals surface area contributed by atoms with Gasteiger partial charge in [-0.1, -0.05) is 24.3 Å². The predicted molar refractivity (Wildman–Crippen MR) is 115 cm³/mol. The zero-order chi connectivity index (χ0) is 20.8. The number of hydrogen-bond acceptors (Lipinski definition) is 4. The van der Waals surface area contributed by atoms with Gasteiger partial charge in [0.1, 0.15) is 0 Å². The number of likely N-dealkylation sites (tertiary alicyclic amines) is 1. The van der Waals surface area contributed by atoms with Gasteiger partial charge in [0, 0.05) is 51.7 Å². The monoisotopic (exact) mass is 407 g/mol. The summed E-state index contributed by atoms with van der Waals surface area (Å²) in [6.07, 6.45) is 7.20. The average Bonchev–Trinajstić information content (AvgIpc) is 3.20. The normalized spacial score (nSPS) is 18.4. The molecule has 1 aromatic carbocycles. The third-order valence-electron chi connectivity index (χ3n) is 6.31. The molecule has 0 saturated carbocycles. The highest BCUT2D eigenvalue weighted by molar-refractivity contribution is 5.84. The lowest BCUT2D eigenvalue weighted by molar-refractivity contribution is -0.137. The highest BCUT2D eigenvalue weighted by Crippen LogP contribution is 2.37. The number of benzene rings is 1. The largest absolute Gasteiger partial charge is 0.381 e. The van der Waals surface area contributed by atoms with Crippen LogP contribution in [0, 0.1) is 5.41 Å². The number of pyridine rings is 1. The molecule has 6 heteroatoms. The maximum absolute atomic E-state index is 13.3. The van der Waals surface area contributed by atoms with Crippen molar-refractivity contribution in [2.75, 3.05) is 32.8 Å². The molecule has 2 aliphatic heterocycles. The first kappa shape index (κ1) is 20.5. The number of amides is 2. The molecule has 4 rings (SSSR count). The highest BCUT2D eigenvalue weighted by Gasteiger charge is 2.40. The van der Waals surface area contributed by atoms with Crippen LogP contribution in [0.15, 0.2) is 48.8 Å². The Kier molecular flexibility index (Phi) is 6.43. The van der Waals surface area contributed by atoms with E-state index < -0.39 is 5.41 Å². The lowest BCUT2D eigenvalue weighted by Gasteiger charge is -2.36. The first-order valence-corrected chi connectivity index (χ1v) is 10.8. The molecule has 0 spiro atoms. The van der Waals surface area contributed by atoms with Gasteiger partial charge in [-0.2, -0.15) is 0 Å². The van der Waals surface area contributed by atoms with Crippen molar-refractivity contribution in [2.45, 2.75) is 32.1 Å². The minimum Gasteiger partial charge on any atom is -0.381 e. The van der Waals surface area contributed by atoms with Gasteiger partial charge >= 0.3 is 0 Å². The number of nitrogens with zero attached hydrogens (tertiary/aromatic N) is 2. The second kappa shape index (κ2) is 9.39. The number of rotatable bonds is 7. The predicted octanol–water partition coefficient (Wildman–Crippen LogP) is 2.83. The molecule has 2 aromatic rings. The Morgan fingerprint density at radius 3 is 2.63 bits per heavy atom. The Hall–Kier alpha value is -2.73. The van der Waals surface area contributed by atoms with Gasteiger partial charge in [-0.25, -0.2) is 0 Å². The maximum Gasteiger partial charge on any atom is 0.226 e. The van der Waals surface area contributed by atoms with Crippen molar-refractivity contribution in [3.63, 3.8) is 0 Å². The summed E-state index contributed by atoms with van der Waals surface area (Å²) in [7, 11) is 0. The molecule has 1 aromatic heterocycles. The third-order valence-corrected chi connectivity index (χ3v) is 6.31. The fourth-order valence-corrected chi connectivity index (χ4v) is 4.53. The van der Waals surface area contributed by atoms with E-state index in [0.29, 0.717) is 52.0 Å². The third kappa shape index (κ3) is 4.54. The molecule has 2 amide bonds. The molecule has 2 aliphatic rings. The first-order valence-electron chi connectivity index (χ1n) is 10.8. The molecule has 0 bridgehead atoms. The van der Waals surface area contributed by atoms with Crippen molar-refractivity contribution in [1.29, 1.82) is 0 Å². The zero-order valence-electron chi connectivity index (χ0n) is 17.3. The number of hydrogen-bond donors (Lipinski definition) is 1. The van der Waals surface area contributed by atoms with Crippen molar-refractivity contribution in [1.82, 2.24) is 15.2 Å². The van der Waals surface area contributed by atoms with E-state index in [2.05, 4.69) is 22.4 Å². The van der Waals surface area contributed by atoms with Crippen LogP contribution in [0.3, 0.4) is 0 Å². The summed E-state index contributed by atoms with van der Waals surface area (Å²) >= 11 is 0. The summed E-state index contributed by atoms with van der Waals surface area (Å²) in [6.45, 7) is 3.07. The Bertz CT molecular complexity index is 878. The van der Waals surface area contributed by atoms with Gasteiger partial charge in [0.05, 0.1) is 5.41 Å². The quantitative estimate of drug-likeness (QED) is 0.766. The van der Waals surface area contributed by atoms with E-state index in [1.807, 2.05) is 29.2 Å². The molecular weight excluding hydrogens is 378 g/mol. The fraction of sp³-hybridized carbons (Fsp3) is 0.458. The Morgan fingerprint density at radius 1 is 1.13 bits per heavy atom.